The second-order valence-corrected chi connectivity index (χ2v) is 3.69. The van der Waals surface area contributed by atoms with Gasteiger partial charge in [0.15, 0.2) is 0 Å². The van der Waals surface area contributed by atoms with Crippen LogP contribution in [0.25, 0.3) is 0 Å². The Bertz CT molecular complexity index is 522. The van der Waals surface area contributed by atoms with E-state index in [1.54, 1.807) is 11.6 Å². The Morgan fingerprint density at radius 2 is 2.12 bits per heavy atom. The molecule has 2 aromatic rings. The summed E-state index contributed by atoms with van der Waals surface area (Å²) in [5.74, 6) is -0.251. The Kier molecular flexibility index (Phi) is 3.12. The monoisotopic (exact) mass is 241 g/mol. The Morgan fingerprint density at radius 3 is 2.71 bits per heavy atom. The van der Waals surface area contributed by atoms with E-state index in [-0.39, 0.29) is 0 Å². The van der Waals surface area contributed by atoms with Crippen molar-refractivity contribution in [3.63, 3.8) is 0 Å². The van der Waals surface area contributed by atoms with E-state index in [0.717, 1.165) is 12.1 Å². The third kappa shape index (κ3) is 2.46. The van der Waals surface area contributed by atoms with Crippen LogP contribution in [0.4, 0.5) is 13.2 Å². The summed E-state index contributed by atoms with van der Waals surface area (Å²) in [6, 6.07) is 3.68. The van der Waals surface area contributed by atoms with Crippen LogP contribution in [0.1, 0.15) is 23.4 Å². The molecule has 0 amide bonds. The molecule has 0 radical (unpaired) electrons. The van der Waals surface area contributed by atoms with E-state index in [2.05, 4.69) is 10.2 Å². The summed E-state index contributed by atoms with van der Waals surface area (Å²) in [5, 5.41) is 7.52. The molecule has 3 nitrogen and oxygen atoms in total. The van der Waals surface area contributed by atoms with Gasteiger partial charge in [-0.25, -0.2) is 13.2 Å². The zero-order valence-corrected chi connectivity index (χ0v) is 9.07. The van der Waals surface area contributed by atoms with Crippen molar-refractivity contribution >= 4 is 0 Å². The molecule has 0 saturated heterocycles. The molecule has 90 valence electrons. The van der Waals surface area contributed by atoms with E-state index in [0.29, 0.717) is 17.8 Å². The summed E-state index contributed by atoms with van der Waals surface area (Å²) in [6.07, 6.45) is -0.946. The quantitative estimate of drug-likeness (QED) is 0.826. The molecule has 0 fully saturated rings. The number of nitrogens with zero attached hydrogens (tertiary/aromatic N) is 3. The van der Waals surface area contributed by atoms with Crippen LogP contribution >= 0.6 is 0 Å². The zero-order chi connectivity index (χ0) is 12.4. The molecule has 0 spiro atoms. The maximum Gasteiger partial charge on any atom is 0.266 e. The maximum atomic E-state index is 13.1. The van der Waals surface area contributed by atoms with Crippen LogP contribution in [-0.4, -0.2) is 14.8 Å². The van der Waals surface area contributed by atoms with Crippen molar-refractivity contribution in [2.75, 3.05) is 0 Å². The molecule has 0 atom stereocenters. The Morgan fingerprint density at radius 1 is 1.35 bits per heavy atom. The molecule has 0 aliphatic heterocycles. The standard InChI is InChI=1S/C11H10F3N3/c1-17-6-15-16-10(17)5-7-2-3-9(12)8(4-7)11(13)14/h2-4,6,11H,5H2,1H3. The lowest BCUT2D eigenvalue weighted by atomic mass is 10.1. The topological polar surface area (TPSA) is 30.7 Å². The van der Waals surface area contributed by atoms with Crippen LogP contribution in [-0.2, 0) is 13.5 Å². The summed E-state index contributed by atoms with van der Waals surface area (Å²) in [6.45, 7) is 0. The summed E-state index contributed by atoms with van der Waals surface area (Å²) in [7, 11) is 1.76. The number of hydrogen-bond acceptors (Lipinski definition) is 2. The predicted molar refractivity (Wildman–Crippen MR) is 55.2 cm³/mol. The molecule has 1 aromatic carbocycles. The van der Waals surface area contributed by atoms with Gasteiger partial charge in [0.1, 0.15) is 18.0 Å². The van der Waals surface area contributed by atoms with Crippen molar-refractivity contribution in [3.05, 3.63) is 47.3 Å². The second-order valence-electron chi connectivity index (χ2n) is 3.69. The fraction of sp³-hybridized carbons (Fsp3) is 0.273. The van der Waals surface area contributed by atoms with E-state index in [9.17, 15) is 13.2 Å². The molecule has 1 heterocycles. The lowest BCUT2D eigenvalue weighted by Gasteiger charge is -2.05. The van der Waals surface area contributed by atoms with Crippen molar-refractivity contribution < 1.29 is 13.2 Å². The molecule has 0 aliphatic rings. The first-order chi connectivity index (χ1) is 8.08. The van der Waals surface area contributed by atoms with Gasteiger partial charge in [0.25, 0.3) is 6.43 Å². The Labute approximate surface area is 95.9 Å². The average Bonchev–Trinajstić information content (AvgIpc) is 2.67. The van der Waals surface area contributed by atoms with Crippen molar-refractivity contribution in [1.82, 2.24) is 14.8 Å². The lowest BCUT2D eigenvalue weighted by molar-refractivity contribution is 0.146. The molecule has 17 heavy (non-hydrogen) atoms. The van der Waals surface area contributed by atoms with Gasteiger partial charge in [0.05, 0.1) is 5.56 Å². The highest BCUT2D eigenvalue weighted by Crippen LogP contribution is 2.23. The van der Waals surface area contributed by atoms with Gasteiger partial charge in [-0.2, -0.15) is 0 Å². The normalized spacial score (nSPS) is 11.1. The minimum absolute atomic E-state index is 0.344. The van der Waals surface area contributed by atoms with E-state index >= 15 is 0 Å². The van der Waals surface area contributed by atoms with E-state index < -0.39 is 17.8 Å². The van der Waals surface area contributed by atoms with Crippen LogP contribution in [0.15, 0.2) is 24.5 Å². The first-order valence-corrected chi connectivity index (χ1v) is 4.97. The smallest absolute Gasteiger partial charge is 0.266 e. The second kappa shape index (κ2) is 4.57. The highest BCUT2D eigenvalue weighted by molar-refractivity contribution is 5.28. The third-order valence-corrected chi connectivity index (χ3v) is 2.46. The average molecular weight is 241 g/mol. The van der Waals surface area contributed by atoms with Gasteiger partial charge in [-0.05, 0) is 17.7 Å². The van der Waals surface area contributed by atoms with Gasteiger partial charge in [0.2, 0.25) is 0 Å². The largest absolute Gasteiger partial charge is 0.320 e. The van der Waals surface area contributed by atoms with Crippen LogP contribution in [0.5, 0.6) is 0 Å². The van der Waals surface area contributed by atoms with E-state index in [1.165, 1.54) is 12.4 Å². The minimum atomic E-state index is -2.81. The minimum Gasteiger partial charge on any atom is -0.320 e. The molecular formula is C11H10F3N3. The fourth-order valence-corrected chi connectivity index (χ4v) is 1.52. The molecule has 6 heteroatoms. The first kappa shape index (κ1) is 11.6. The molecule has 0 unspecified atom stereocenters. The molecule has 0 bridgehead atoms. The number of hydrogen-bond donors (Lipinski definition) is 0. The van der Waals surface area contributed by atoms with Gasteiger partial charge in [-0.3, -0.25) is 0 Å². The van der Waals surface area contributed by atoms with Crippen LogP contribution in [0.2, 0.25) is 0 Å². The molecule has 0 N–H and O–H groups in total. The van der Waals surface area contributed by atoms with Crippen molar-refractivity contribution in [2.24, 2.45) is 7.05 Å². The number of halogens is 3. The summed E-state index contributed by atoms with van der Waals surface area (Å²) < 4.78 is 39.7. The summed E-state index contributed by atoms with van der Waals surface area (Å²) in [5.41, 5.74) is 0.00229. The number of aromatic nitrogens is 3. The zero-order valence-electron chi connectivity index (χ0n) is 9.07. The van der Waals surface area contributed by atoms with Crippen molar-refractivity contribution in [1.29, 1.82) is 0 Å². The molecule has 2 rings (SSSR count). The van der Waals surface area contributed by atoms with Gasteiger partial charge < -0.3 is 4.57 Å². The Balaban J connectivity index is 2.28. The maximum absolute atomic E-state index is 13.1. The molecule has 0 aliphatic carbocycles. The third-order valence-electron chi connectivity index (χ3n) is 2.46. The van der Waals surface area contributed by atoms with Crippen LogP contribution in [0, 0.1) is 5.82 Å². The fourth-order valence-electron chi connectivity index (χ4n) is 1.52. The molecular weight excluding hydrogens is 231 g/mol. The molecule has 1 aromatic heterocycles. The van der Waals surface area contributed by atoms with E-state index in [1.807, 2.05) is 0 Å². The van der Waals surface area contributed by atoms with Gasteiger partial charge in [-0.1, -0.05) is 6.07 Å². The molecule has 0 saturated carbocycles. The van der Waals surface area contributed by atoms with Gasteiger partial charge in [0, 0.05) is 13.5 Å². The first-order valence-electron chi connectivity index (χ1n) is 4.97. The summed E-state index contributed by atoms with van der Waals surface area (Å²) in [4.78, 5) is 0. The lowest BCUT2D eigenvalue weighted by Crippen LogP contribution is -2.00. The number of alkyl halides is 2. The number of benzene rings is 1. The SMILES string of the molecule is Cn1cnnc1Cc1ccc(F)c(C(F)F)c1. The van der Waals surface area contributed by atoms with E-state index in [4.69, 9.17) is 0 Å². The predicted octanol–water partition coefficient (Wildman–Crippen LogP) is 2.48. The number of rotatable bonds is 3. The van der Waals surface area contributed by atoms with Crippen LogP contribution in [0.3, 0.4) is 0 Å². The summed E-state index contributed by atoms with van der Waals surface area (Å²) >= 11 is 0. The highest BCUT2D eigenvalue weighted by atomic mass is 19.3. The number of aryl methyl sites for hydroxylation is 1. The Hall–Kier alpha value is -1.85. The van der Waals surface area contributed by atoms with Crippen molar-refractivity contribution in [2.45, 2.75) is 12.8 Å². The van der Waals surface area contributed by atoms with Gasteiger partial charge in [-0.15, -0.1) is 10.2 Å². The van der Waals surface area contributed by atoms with Crippen molar-refractivity contribution in [3.8, 4) is 0 Å². The van der Waals surface area contributed by atoms with Gasteiger partial charge >= 0.3 is 0 Å². The van der Waals surface area contributed by atoms with Crippen LogP contribution < -0.4 is 0 Å². The highest BCUT2D eigenvalue weighted by Gasteiger charge is 2.14.